The molecule has 0 saturated carbocycles. The molecule has 0 atom stereocenters. The third-order valence-electron chi connectivity index (χ3n) is 3.57. The van der Waals surface area contributed by atoms with Gasteiger partial charge in [-0.3, -0.25) is 14.6 Å². The van der Waals surface area contributed by atoms with E-state index >= 15 is 0 Å². The minimum atomic E-state index is -0.131. The molecule has 1 aliphatic heterocycles. The molecule has 1 fully saturated rings. The summed E-state index contributed by atoms with van der Waals surface area (Å²) in [5, 5.41) is 0. The maximum absolute atomic E-state index is 12.2. The van der Waals surface area contributed by atoms with Crippen LogP contribution in [0.1, 0.15) is 25.3 Å². The molecule has 2 heterocycles. The van der Waals surface area contributed by atoms with E-state index in [1.54, 1.807) is 12.4 Å². The maximum Gasteiger partial charge on any atom is 0.309 e. The first-order valence-corrected chi connectivity index (χ1v) is 7.04. The van der Waals surface area contributed by atoms with Crippen LogP contribution in [-0.2, 0) is 20.7 Å². The van der Waals surface area contributed by atoms with Gasteiger partial charge in [-0.1, -0.05) is 0 Å². The fourth-order valence-corrected chi connectivity index (χ4v) is 2.41. The molecule has 1 saturated heterocycles. The normalized spacial score (nSPS) is 15.9. The summed E-state index contributed by atoms with van der Waals surface area (Å²) in [6.07, 6.45) is 5.17. The van der Waals surface area contributed by atoms with Crippen LogP contribution < -0.4 is 0 Å². The van der Waals surface area contributed by atoms with Crippen molar-refractivity contribution in [2.24, 2.45) is 5.92 Å². The number of nitrogens with zero attached hydrogens (tertiary/aromatic N) is 2. The number of likely N-dealkylation sites (tertiary alicyclic amines) is 1. The Bertz CT molecular complexity index is 453. The van der Waals surface area contributed by atoms with Crippen LogP contribution in [-0.4, -0.2) is 41.5 Å². The van der Waals surface area contributed by atoms with Gasteiger partial charge in [-0.15, -0.1) is 0 Å². The minimum Gasteiger partial charge on any atom is -0.466 e. The number of rotatable bonds is 4. The molecule has 0 aromatic carbocycles. The van der Waals surface area contributed by atoms with Gasteiger partial charge in [-0.25, -0.2) is 0 Å². The van der Waals surface area contributed by atoms with E-state index < -0.39 is 0 Å². The number of hydrogen-bond acceptors (Lipinski definition) is 4. The van der Waals surface area contributed by atoms with Crippen molar-refractivity contribution < 1.29 is 14.3 Å². The van der Waals surface area contributed by atoms with Crippen LogP contribution in [0.4, 0.5) is 0 Å². The lowest BCUT2D eigenvalue weighted by atomic mass is 9.96. The zero-order chi connectivity index (χ0) is 14.4. The van der Waals surface area contributed by atoms with Gasteiger partial charge in [-0.05, 0) is 37.5 Å². The molecule has 1 amide bonds. The summed E-state index contributed by atoms with van der Waals surface area (Å²) in [5.74, 6) is -0.0767. The molecule has 0 bridgehead atoms. The minimum absolute atomic E-state index is 0.0556. The summed E-state index contributed by atoms with van der Waals surface area (Å²) in [4.78, 5) is 29.6. The molecule has 5 heteroatoms. The molecule has 0 aliphatic carbocycles. The van der Waals surface area contributed by atoms with Crippen molar-refractivity contribution in [1.29, 1.82) is 0 Å². The lowest BCUT2D eigenvalue weighted by molar-refractivity contribution is -0.151. The second-order valence-corrected chi connectivity index (χ2v) is 4.94. The van der Waals surface area contributed by atoms with Gasteiger partial charge in [0, 0.05) is 25.5 Å². The molecule has 0 spiro atoms. The van der Waals surface area contributed by atoms with Gasteiger partial charge >= 0.3 is 5.97 Å². The smallest absolute Gasteiger partial charge is 0.309 e. The monoisotopic (exact) mass is 276 g/mol. The highest BCUT2D eigenvalue weighted by Gasteiger charge is 2.27. The molecule has 1 aromatic rings. The quantitative estimate of drug-likeness (QED) is 0.780. The van der Waals surface area contributed by atoms with Gasteiger partial charge < -0.3 is 9.64 Å². The Morgan fingerprint density at radius 2 is 1.95 bits per heavy atom. The van der Waals surface area contributed by atoms with E-state index in [4.69, 9.17) is 4.74 Å². The summed E-state index contributed by atoms with van der Waals surface area (Å²) in [6, 6.07) is 3.70. The van der Waals surface area contributed by atoms with Crippen molar-refractivity contribution in [3.05, 3.63) is 30.1 Å². The van der Waals surface area contributed by atoms with E-state index in [0.717, 1.165) is 5.56 Å². The van der Waals surface area contributed by atoms with Crippen molar-refractivity contribution in [1.82, 2.24) is 9.88 Å². The summed E-state index contributed by atoms with van der Waals surface area (Å²) in [6.45, 7) is 3.49. The van der Waals surface area contributed by atoms with E-state index in [0.29, 0.717) is 39.0 Å². The molecule has 5 nitrogen and oxygen atoms in total. The molecular formula is C15H20N2O3. The van der Waals surface area contributed by atoms with Crippen LogP contribution in [0.15, 0.2) is 24.5 Å². The number of pyridine rings is 1. The van der Waals surface area contributed by atoms with Crippen molar-refractivity contribution in [3.63, 3.8) is 0 Å². The number of ether oxygens (including phenoxy) is 1. The van der Waals surface area contributed by atoms with E-state index in [9.17, 15) is 9.59 Å². The van der Waals surface area contributed by atoms with Crippen LogP contribution in [0.5, 0.6) is 0 Å². The van der Waals surface area contributed by atoms with E-state index in [1.807, 2.05) is 24.0 Å². The molecule has 0 unspecified atom stereocenters. The van der Waals surface area contributed by atoms with Crippen LogP contribution in [0.2, 0.25) is 0 Å². The topological polar surface area (TPSA) is 59.5 Å². The summed E-state index contributed by atoms with van der Waals surface area (Å²) in [7, 11) is 0. The summed E-state index contributed by atoms with van der Waals surface area (Å²) in [5.41, 5.74) is 0.970. The first kappa shape index (κ1) is 14.5. The van der Waals surface area contributed by atoms with Gasteiger partial charge in [0.25, 0.3) is 0 Å². The van der Waals surface area contributed by atoms with Gasteiger partial charge in [0.15, 0.2) is 0 Å². The van der Waals surface area contributed by atoms with Crippen molar-refractivity contribution >= 4 is 11.9 Å². The highest BCUT2D eigenvalue weighted by Crippen LogP contribution is 2.19. The first-order valence-electron chi connectivity index (χ1n) is 7.04. The number of carbonyl (C=O) groups excluding carboxylic acids is 2. The van der Waals surface area contributed by atoms with Crippen molar-refractivity contribution in [2.75, 3.05) is 19.7 Å². The second kappa shape index (κ2) is 7.03. The number of piperidine rings is 1. The molecule has 0 radical (unpaired) electrons. The molecule has 1 aliphatic rings. The highest BCUT2D eigenvalue weighted by atomic mass is 16.5. The average molecular weight is 276 g/mol. The lowest BCUT2D eigenvalue weighted by Gasteiger charge is -2.31. The molecular weight excluding hydrogens is 256 g/mol. The summed E-state index contributed by atoms with van der Waals surface area (Å²) < 4.78 is 5.02. The predicted molar refractivity (Wildman–Crippen MR) is 73.9 cm³/mol. The number of aromatic nitrogens is 1. The second-order valence-electron chi connectivity index (χ2n) is 4.94. The highest BCUT2D eigenvalue weighted by molar-refractivity contribution is 5.79. The maximum atomic E-state index is 12.2. The predicted octanol–water partition coefficient (Wildman–Crippen LogP) is 1.43. The van der Waals surface area contributed by atoms with Crippen LogP contribution in [0.3, 0.4) is 0 Å². The van der Waals surface area contributed by atoms with E-state index in [2.05, 4.69) is 4.98 Å². The number of carbonyl (C=O) groups is 2. The third kappa shape index (κ3) is 3.79. The van der Waals surface area contributed by atoms with Gasteiger partial charge in [-0.2, -0.15) is 0 Å². The van der Waals surface area contributed by atoms with E-state index in [-0.39, 0.29) is 17.8 Å². The van der Waals surface area contributed by atoms with Gasteiger partial charge in [0.1, 0.15) is 0 Å². The fraction of sp³-hybridized carbons (Fsp3) is 0.533. The Hall–Kier alpha value is -1.91. The molecule has 20 heavy (non-hydrogen) atoms. The molecule has 2 rings (SSSR count). The SMILES string of the molecule is CCOC(=O)C1CCN(C(=O)Cc2ccncc2)CC1. The fourth-order valence-electron chi connectivity index (χ4n) is 2.41. The van der Waals surface area contributed by atoms with Crippen molar-refractivity contribution in [3.8, 4) is 0 Å². The van der Waals surface area contributed by atoms with Gasteiger partial charge in [0.2, 0.25) is 5.91 Å². The van der Waals surface area contributed by atoms with E-state index in [1.165, 1.54) is 0 Å². The largest absolute Gasteiger partial charge is 0.466 e. The third-order valence-corrected chi connectivity index (χ3v) is 3.57. The Morgan fingerprint density at radius 3 is 2.55 bits per heavy atom. The number of esters is 1. The van der Waals surface area contributed by atoms with Crippen molar-refractivity contribution in [2.45, 2.75) is 26.2 Å². The number of amides is 1. The zero-order valence-electron chi connectivity index (χ0n) is 11.7. The van der Waals surface area contributed by atoms with Crippen LogP contribution in [0.25, 0.3) is 0 Å². The molecule has 0 N–H and O–H groups in total. The number of hydrogen-bond donors (Lipinski definition) is 0. The summed E-state index contributed by atoms with van der Waals surface area (Å²) >= 11 is 0. The molecule has 108 valence electrons. The zero-order valence-corrected chi connectivity index (χ0v) is 11.7. The van der Waals surface area contributed by atoms with Gasteiger partial charge in [0.05, 0.1) is 18.9 Å². The molecule has 1 aromatic heterocycles. The Balaban J connectivity index is 1.81. The van der Waals surface area contributed by atoms with Crippen LogP contribution >= 0.6 is 0 Å². The Morgan fingerprint density at radius 1 is 1.30 bits per heavy atom. The lowest BCUT2D eigenvalue weighted by Crippen LogP contribution is -2.41. The Labute approximate surface area is 118 Å². The van der Waals surface area contributed by atoms with Crippen LogP contribution in [0, 0.1) is 5.92 Å². The Kier molecular flexibility index (Phi) is 5.09. The first-order chi connectivity index (χ1) is 9.70. The standard InChI is InChI=1S/C15H20N2O3/c1-2-20-15(19)13-5-9-17(10-6-13)14(18)11-12-3-7-16-8-4-12/h3-4,7-8,13H,2,5-6,9-11H2,1H3. The average Bonchev–Trinajstić information content (AvgIpc) is 2.48.